The van der Waals surface area contributed by atoms with Crippen LogP contribution < -0.4 is 10.4 Å². The van der Waals surface area contributed by atoms with Gasteiger partial charge in [0.15, 0.2) is 0 Å². The SMILES string of the molecule is CCOc1ccc(-c2cccc(CCCc3nn(Cc4ccc(C(C)(C)C)cc4)c(=O)n3CC)c2)cc1C(=O)O. The van der Waals surface area contributed by atoms with E-state index < -0.39 is 5.97 Å². The second kappa shape index (κ2) is 12.4. The fraction of sp³-hybridized carbons (Fsp3) is 0.364. The molecule has 210 valence electrons. The van der Waals surface area contributed by atoms with Crippen molar-refractivity contribution in [2.75, 3.05) is 6.61 Å². The summed E-state index contributed by atoms with van der Waals surface area (Å²) in [4.78, 5) is 24.8. The van der Waals surface area contributed by atoms with E-state index in [0.717, 1.165) is 40.9 Å². The van der Waals surface area contributed by atoms with Crippen LogP contribution in [0.2, 0.25) is 0 Å². The number of carboxylic acids is 1. The van der Waals surface area contributed by atoms with Crippen LogP contribution in [0.25, 0.3) is 11.1 Å². The third-order valence-electron chi connectivity index (χ3n) is 7.10. The molecule has 1 N–H and O–H groups in total. The Hall–Kier alpha value is -4.13. The summed E-state index contributed by atoms with van der Waals surface area (Å²) in [6, 6.07) is 21.8. The molecule has 0 fully saturated rings. The fourth-order valence-electron chi connectivity index (χ4n) is 4.89. The van der Waals surface area contributed by atoms with Gasteiger partial charge in [-0.3, -0.25) is 4.57 Å². The van der Waals surface area contributed by atoms with Gasteiger partial charge in [0.2, 0.25) is 0 Å². The van der Waals surface area contributed by atoms with Gasteiger partial charge in [-0.25, -0.2) is 14.3 Å². The van der Waals surface area contributed by atoms with Crippen LogP contribution in [0.1, 0.15) is 73.9 Å². The van der Waals surface area contributed by atoms with Crippen molar-refractivity contribution in [3.05, 3.63) is 105 Å². The van der Waals surface area contributed by atoms with Crippen LogP contribution in [0, 0.1) is 0 Å². The average Bonchev–Trinajstić information content (AvgIpc) is 3.22. The number of hydrogen-bond donors (Lipinski definition) is 1. The molecule has 40 heavy (non-hydrogen) atoms. The van der Waals surface area contributed by atoms with Gasteiger partial charge in [0.05, 0.1) is 13.2 Å². The van der Waals surface area contributed by atoms with E-state index in [1.807, 2.05) is 32.0 Å². The summed E-state index contributed by atoms with van der Waals surface area (Å²) in [7, 11) is 0. The van der Waals surface area contributed by atoms with Crippen LogP contribution in [0.5, 0.6) is 5.75 Å². The summed E-state index contributed by atoms with van der Waals surface area (Å²) in [5.41, 5.74) is 5.41. The minimum Gasteiger partial charge on any atom is -0.493 e. The van der Waals surface area contributed by atoms with Gasteiger partial charge >= 0.3 is 11.7 Å². The molecule has 0 saturated carbocycles. The van der Waals surface area contributed by atoms with E-state index >= 15 is 0 Å². The Labute approximate surface area is 236 Å². The summed E-state index contributed by atoms with van der Waals surface area (Å²) in [6.45, 7) is 11.8. The van der Waals surface area contributed by atoms with Gasteiger partial charge in [0.25, 0.3) is 0 Å². The maximum Gasteiger partial charge on any atom is 0.346 e. The molecule has 0 aliphatic rings. The number of carbonyl (C=O) groups is 1. The van der Waals surface area contributed by atoms with E-state index in [1.54, 1.807) is 21.4 Å². The largest absolute Gasteiger partial charge is 0.493 e. The first-order valence-electron chi connectivity index (χ1n) is 14.0. The van der Waals surface area contributed by atoms with Gasteiger partial charge in [-0.1, -0.05) is 75.4 Å². The molecule has 1 heterocycles. The summed E-state index contributed by atoms with van der Waals surface area (Å²) in [6.07, 6.45) is 2.34. The summed E-state index contributed by atoms with van der Waals surface area (Å²) < 4.78 is 8.80. The minimum absolute atomic E-state index is 0.0795. The fourth-order valence-corrected chi connectivity index (χ4v) is 4.89. The van der Waals surface area contributed by atoms with Gasteiger partial charge in [-0.15, -0.1) is 0 Å². The number of hydrogen-bond acceptors (Lipinski definition) is 4. The summed E-state index contributed by atoms with van der Waals surface area (Å²) >= 11 is 0. The van der Waals surface area contributed by atoms with E-state index in [4.69, 9.17) is 9.84 Å². The Bertz CT molecular complexity index is 1520. The highest BCUT2D eigenvalue weighted by atomic mass is 16.5. The minimum atomic E-state index is -1.01. The van der Waals surface area contributed by atoms with Gasteiger partial charge < -0.3 is 9.84 Å². The zero-order chi connectivity index (χ0) is 28.9. The van der Waals surface area contributed by atoms with Crippen LogP contribution in [-0.2, 0) is 31.3 Å². The number of benzene rings is 3. The van der Waals surface area contributed by atoms with Crippen molar-refractivity contribution in [2.45, 2.75) is 72.4 Å². The lowest BCUT2D eigenvalue weighted by Gasteiger charge is -2.19. The number of nitrogens with zero attached hydrogens (tertiary/aromatic N) is 3. The van der Waals surface area contributed by atoms with Crippen molar-refractivity contribution in [3.8, 4) is 16.9 Å². The number of aromatic nitrogens is 3. The molecule has 7 heteroatoms. The smallest absolute Gasteiger partial charge is 0.346 e. The van der Waals surface area contributed by atoms with Gasteiger partial charge in [-0.05, 0) is 72.1 Å². The second-order valence-electron chi connectivity index (χ2n) is 11.1. The summed E-state index contributed by atoms with van der Waals surface area (Å²) in [5.74, 6) is 0.163. The lowest BCUT2D eigenvalue weighted by atomic mass is 9.87. The first kappa shape index (κ1) is 28.9. The highest BCUT2D eigenvalue weighted by Crippen LogP contribution is 2.28. The molecule has 0 amide bonds. The Balaban J connectivity index is 1.45. The molecule has 4 rings (SSSR count). The van der Waals surface area contributed by atoms with E-state index in [0.29, 0.717) is 31.9 Å². The molecule has 0 radical (unpaired) electrons. The van der Waals surface area contributed by atoms with E-state index in [1.165, 1.54) is 5.56 Å². The number of rotatable bonds is 11. The van der Waals surface area contributed by atoms with E-state index in [9.17, 15) is 14.7 Å². The molecule has 4 aromatic rings. The molecule has 0 saturated heterocycles. The first-order valence-corrected chi connectivity index (χ1v) is 14.0. The molecule has 0 spiro atoms. The molecular weight excluding hydrogens is 502 g/mol. The van der Waals surface area contributed by atoms with Crippen LogP contribution in [0.15, 0.2) is 71.5 Å². The molecule has 0 aliphatic carbocycles. The Morgan fingerprint density at radius 2 is 1.65 bits per heavy atom. The molecule has 0 unspecified atom stereocenters. The third kappa shape index (κ3) is 6.71. The Morgan fingerprint density at radius 1 is 0.925 bits per heavy atom. The van der Waals surface area contributed by atoms with Crippen LogP contribution in [0.3, 0.4) is 0 Å². The maximum atomic E-state index is 13.0. The Morgan fingerprint density at radius 3 is 2.30 bits per heavy atom. The van der Waals surface area contributed by atoms with E-state index in [2.05, 4.69) is 57.2 Å². The topological polar surface area (TPSA) is 86.4 Å². The lowest BCUT2D eigenvalue weighted by molar-refractivity contribution is 0.0692. The molecule has 1 aromatic heterocycles. The maximum absolute atomic E-state index is 13.0. The zero-order valence-corrected chi connectivity index (χ0v) is 24.1. The average molecular weight is 542 g/mol. The third-order valence-corrected chi connectivity index (χ3v) is 7.10. The highest BCUT2D eigenvalue weighted by molar-refractivity contribution is 5.92. The van der Waals surface area contributed by atoms with Crippen molar-refractivity contribution in [2.24, 2.45) is 0 Å². The number of ether oxygens (including phenoxy) is 1. The van der Waals surface area contributed by atoms with Crippen molar-refractivity contribution in [1.29, 1.82) is 0 Å². The first-order chi connectivity index (χ1) is 19.1. The van der Waals surface area contributed by atoms with Crippen molar-refractivity contribution >= 4 is 5.97 Å². The standard InChI is InChI=1S/C33H39N3O4/c1-6-35-30(34-36(32(35)39)22-24-14-17-27(18-15-24)33(3,4)5)13-9-11-23-10-8-12-25(20-23)26-16-19-29(40-7-2)28(21-26)31(37)38/h8,10,12,14-21H,6-7,9,11,13,22H2,1-5H3,(H,37,38). The van der Waals surface area contributed by atoms with Crippen molar-refractivity contribution in [3.63, 3.8) is 0 Å². The van der Waals surface area contributed by atoms with Crippen molar-refractivity contribution in [1.82, 2.24) is 14.3 Å². The van der Waals surface area contributed by atoms with Crippen LogP contribution in [-0.4, -0.2) is 32.0 Å². The second-order valence-corrected chi connectivity index (χ2v) is 11.1. The number of carboxylic acid groups (broad SMARTS) is 1. The molecular formula is C33H39N3O4. The monoisotopic (exact) mass is 541 g/mol. The number of aromatic carboxylic acids is 1. The zero-order valence-electron chi connectivity index (χ0n) is 24.1. The molecule has 0 atom stereocenters. The molecule has 3 aromatic carbocycles. The highest BCUT2D eigenvalue weighted by Gasteiger charge is 2.16. The predicted molar refractivity (Wildman–Crippen MR) is 158 cm³/mol. The normalized spacial score (nSPS) is 11.5. The van der Waals surface area contributed by atoms with Crippen LogP contribution in [0.4, 0.5) is 0 Å². The van der Waals surface area contributed by atoms with Gasteiger partial charge in [0.1, 0.15) is 17.1 Å². The predicted octanol–water partition coefficient (Wildman–Crippen LogP) is 6.35. The van der Waals surface area contributed by atoms with Gasteiger partial charge in [0, 0.05) is 13.0 Å². The van der Waals surface area contributed by atoms with Crippen LogP contribution >= 0.6 is 0 Å². The van der Waals surface area contributed by atoms with Gasteiger partial charge in [-0.2, -0.15) is 5.10 Å². The molecule has 7 nitrogen and oxygen atoms in total. The Kier molecular flexibility index (Phi) is 8.93. The summed E-state index contributed by atoms with van der Waals surface area (Å²) in [5, 5.41) is 14.3. The lowest BCUT2D eigenvalue weighted by Crippen LogP contribution is -2.25. The molecule has 0 aliphatic heterocycles. The number of aryl methyl sites for hydroxylation is 2. The van der Waals surface area contributed by atoms with E-state index in [-0.39, 0.29) is 16.7 Å². The quantitative estimate of drug-likeness (QED) is 0.239. The molecule has 0 bridgehead atoms. The van der Waals surface area contributed by atoms with Crippen molar-refractivity contribution < 1.29 is 14.6 Å².